The first-order chi connectivity index (χ1) is 19.5. The van der Waals surface area contributed by atoms with Gasteiger partial charge in [-0.15, -0.1) is 10.2 Å². The quantitative estimate of drug-likeness (QED) is 0.0790. The molecule has 41 heavy (non-hydrogen) atoms. The number of halogens is 1. The Kier molecular flexibility index (Phi) is 8.10. The van der Waals surface area contributed by atoms with Gasteiger partial charge in [-0.1, -0.05) is 116 Å². The van der Waals surface area contributed by atoms with E-state index in [2.05, 4.69) is 31.0 Å². The van der Waals surface area contributed by atoms with Crippen LogP contribution in [0.3, 0.4) is 0 Å². The number of Topliss-reactive ketones (excluding diaryl/α,β-unsaturated/α-hetero) is 1. The van der Waals surface area contributed by atoms with Gasteiger partial charge < -0.3 is 5.11 Å². The van der Waals surface area contributed by atoms with Gasteiger partial charge in [0.2, 0.25) is 5.13 Å². The van der Waals surface area contributed by atoms with Crippen molar-refractivity contribution in [2.75, 3.05) is 4.90 Å². The van der Waals surface area contributed by atoms with Crippen molar-refractivity contribution in [3.63, 3.8) is 0 Å². The van der Waals surface area contributed by atoms with E-state index in [1.807, 2.05) is 80.6 Å². The second-order valence-electron chi connectivity index (χ2n) is 11.1. The highest BCUT2D eigenvalue weighted by molar-refractivity contribution is 8.00. The van der Waals surface area contributed by atoms with Crippen molar-refractivity contribution < 1.29 is 14.7 Å². The number of anilines is 1. The minimum atomic E-state index is -0.863. The highest BCUT2D eigenvalue weighted by Crippen LogP contribution is 2.45. The molecular weight excluding hydrogens is 574 g/mol. The minimum Gasteiger partial charge on any atom is -0.507 e. The van der Waals surface area contributed by atoms with Crippen LogP contribution in [0.2, 0.25) is 5.02 Å². The van der Waals surface area contributed by atoms with E-state index in [0.717, 1.165) is 22.3 Å². The highest BCUT2D eigenvalue weighted by atomic mass is 35.5. The fraction of sp³-hybridized carbons (Fsp3) is 0.250. The smallest absolute Gasteiger partial charge is 0.301 e. The van der Waals surface area contributed by atoms with Crippen LogP contribution in [0.4, 0.5) is 5.13 Å². The molecule has 1 saturated heterocycles. The van der Waals surface area contributed by atoms with Crippen molar-refractivity contribution in [2.24, 2.45) is 0 Å². The molecule has 9 heteroatoms. The fourth-order valence-corrected chi connectivity index (χ4v) is 6.91. The molecule has 1 fully saturated rings. The zero-order valence-corrected chi connectivity index (χ0v) is 25.8. The van der Waals surface area contributed by atoms with Crippen LogP contribution in [0, 0.1) is 13.8 Å². The van der Waals surface area contributed by atoms with Gasteiger partial charge in [0, 0.05) is 16.3 Å². The monoisotopic (exact) mass is 603 g/mol. The SMILES string of the molecule is Cc1ccc(C)c(/C(O)=C2\C(=O)C(=O)N(c3nnc(SCc4ccccc4Cl)s3)C2c2ccc(C(C)(C)C)cc2)c1. The van der Waals surface area contributed by atoms with Crippen molar-refractivity contribution in [2.45, 2.75) is 56.2 Å². The number of hydrogen-bond donors (Lipinski definition) is 1. The Hall–Kier alpha value is -3.46. The molecule has 1 unspecified atom stereocenters. The zero-order chi connectivity index (χ0) is 29.5. The van der Waals surface area contributed by atoms with E-state index in [0.29, 0.717) is 31.4 Å². The third-order valence-corrected chi connectivity index (χ3v) is 9.57. The summed E-state index contributed by atoms with van der Waals surface area (Å²) >= 11 is 9.00. The van der Waals surface area contributed by atoms with E-state index in [4.69, 9.17) is 11.6 Å². The van der Waals surface area contributed by atoms with Gasteiger partial charge in [0.25, 0.3) is 5.78 Å². The molecular formula is C32H30ClN3O3S2. The fourth-order valence-electron chi connectivity index (χ4n) is 4.76. The lowest BCUT2D eigenvalue weighted by molar-refractivity contribution is -0.132. The van der Waals surface area contributed by atoms with Crippen molar-refractivity contribution in [3.8, 4) is 0 Å². The molecule has 5 rings (SSSR count). The molecule has 1 amide bonds. The normalized spacial score (nSPS) is 16.9. The molecule has 6 nitrogen and oxygen atoms in total. The number of nitrogens with zero attached hydrogens (tertiary/aromatic N) is 3. The van der Waals surface area contributed by atoms with Crippen LogP contribution >= 0.6 is 34.7 Å². The maximum Gasteiger partial charge on any atom is 0.301 e. The summed E-state index contributed by atoms with van der Waals surface area (Å²) in [7, 11) is 0. The van der Waals surface area contributed by atoms with Crippen molar-refractivity contribution in [1.82, 2.24) is 10.2 Å². The molecule has 1 aliphatic heterocycles. The first kappa shape index (κ1) is 29.0. The first-order valence-corrected chi connectivity index (χ1v) is 15.3. The Morgan fingerprint density at radius 1 is 1.02 bits per heavy atom. The van der Waals surface area contributed by atoms with Gasteiger partial charge in [0.1, 0.15) is 5.76 Å². The number of aromatic nitrogens is 2. The summed E-state index contributed by atoms with van der Waals surface area (Å²) in [5, 5.41) is 21.1. The predicted octanol–water partition coefficient (Wildman–Crippen LogP) is 8.02. The topological polar surface area (TPSA) is 83.4 Å². The molecule has 1 aromatic heterocycles. The van der Waals surface area contributed by atoms with Crippen LogP contribution in [-0.4, -0.2) is 27.0 Å². The van der Waals surface area contributed by atoms with E-state index in [-0.39, 0.29) is 16.7 Å². The largest absolute Gasteiger partial charge is 0.507 e. The predicted molar refractivity (Wildman–Crippen MR) is 167 cm³/mol. The third-order valence-electron chi connectivity index (χ3n) is 7.10. The number of amides is 1. The molecule has 2 heterocycles. The number of ketones is 1. The number of carbonyl (C=O) groups is 2. The molecule has 0 spiro atoms. The Labute approximate surface area is 253 Å². The average Bonchev–Trinajstić information content (AvgIpc) is 3.50. The summed E-state index contributed by atoms with van der Waals surface area (Å²) in [5.41, 5.74) is 4.99. The maximum atomic E-state index is 13.6. The Bertz CT molecular complexity index is 1670. The van der Waals surface area contributed by atoms with Gasteiger partial charge in [-0.25, -0.2) is 0 Å². The van der Waals surface area contributed by atoms with Gasteiger partial charge in [-0.05, 0) is 53.6 Å². The van der Waals surface area contributed by atoms with E-state index < -0.39 is 17.7 Å². The molecule has 1 N–H and O–H groups in total. The number of hydrogen-bond acceptors (Lipinski definition) is 7. The van der Waals surface area contributed by atoms with Crippen molar-refractivity contribution in [1.29, 1.82) is 0 Å². The van der Waals surface area contributed by atoms with Crippen LogP contribution < -0.4 is 4.90 Å². The number of aryl methyl sites for hydroxylation is 2. The molecule has 3 aromatic carbocycles. The first-order valence-electron chi connectivity index (χ1n) is 13.1. The van der Waals surface area contributed by atoms with E-state index >= 15 is 0 Å². The number of rotatable bonds is 6. The number of benzene rings is 3. The molecule has 0 radical (unpaired) electrons. The van der Waals surface area contributed by atoms with Gasteiger partial charge in [0.05, 0.1) is 11.6 Å². The summed E-state index contributed by atoms with van der Waals surface area (Å²) < 4.78 is 0.637. The van der Waals surface area contributed by atoms with E-state index in [9.17, 15) is 14.7 Å². The van der Waals surface area contributed by atoms with Crippen LogP contribution in [0.25, 0.3) is 5.76 Å². The lowest BCUT2D eigenvalue weighted by Gasteiger charge is -2.24. The summed E-state index contributed by atoms with van der Waals surface area (Å²) in [6.07, 6.45) is 0. The number of aliphatic hydroxyl groups is 1. The average molecular weight is 604 g/mol. The second kappa shape index (κ2) is 11.4. The molecule has 0 bridgehead atoms. The van der Waals surface area contributed by atoms with Gasteiger partial charge in [-0.2, -0.15) is 0 Å². The lowest BCUT2D eigenvalue weighted by atomic mass is 9.85. The highest BCUT2D eigenvalue weighted by Gasteiger charge is 2.48. The standard InChI is InChI=1S/C32H30ClN3O3S2/c1-18-10-11-19(2)23(16-18)27(37)25-26(20-12-14-22(15-13-20)32(3,4)5)36(29(39)28(25)38)30-34-35-31(41-30)40-17-21-8-6-7-9-24(21)33/h6-16,26,37H,17H2,1-5H3/b27-25+. The molecule has 0 saturated carbocycles. The van der Waals surface area contributed by atoms with Crippen LogP contribution in [0.15, 0.2) is 76.6 Å². The zero-order valence-electron chi connectivity index (χ0n) is 23.4. The summed E-state index contributed by atoms with van der Waals surface area (Å²) in [5.74, 6) is -1.12. The van der Waals surface area contributed by atoms with Crippen LogP contribution in [-0.2, 0) is 20.8 Å². The third kappa shape index (κ3) is 5.82. The summed E-state index contributed by atoms with van der Waals surface area (Å²) in [4.78, 5) is 28.5. The summed E-state index contributed by atoms with van der Waals surface area (Å²) in [6, 6.07) is 20.2. The Balaban J connectivity index is 1.59. The van der Waals surface area contributed by atoms with Crippen molar-refractivity contribution in [3.05, 3.63) is 111 Å². The molecule has 4 aromatic rings. The summed E-state index contributed by atoms with van der Waals surface area (Å²) in [6.45, 7) is 10.2. The number of carbonyl (C=O) groups excluding carboxylic acids is 2. The maximum absolute atomic E-state index is 13.6. The molecule has 0 aliphatic carbocycles. The molecule has 1 aliphatic rings. The van der Waals surface area contributed by atoms with Crippen LogP contribution in [0.1, 0.15) is 60.2 Å². The van der Waals surface area contributed by atoms with Crippen LogP contribution in [0.5, 0.6) is 0 Å². The minimum absolute atomic E-state index is 0.0349. The van der Waals surface area contributed by atoms with E-state index in [1.165, 1.54) is 28.0 Å². The number of thioether (sulfide) groups is 1. The van der Waals surface area contributed by atoms with Gasteiger partial charge in [-0.3, -0.25) is 14.5 Å². The van der Waals surface area contributed by atoms with E-state index in [1.54, 1.807) is 0 Å². The van der Waals surface area contributed by atoms with Gasteiger partial charge in [0.15, 0.2) is 4.34 Å². The molecule has 1 atom stereocenters. The van der Waals surface area contributed by atoms with Gasteiger partial charge >= 0.3 is 5.91 Å². The second-order valence-corrected chi connectivity index (χ2v) is 13.7. The number of aliphatic hydroxyl groups excluding tert-OH is 1. The van der Waals surface area contributed by atoms with Crippen molar-refractivity contribution >= 4 is 57.3 Å². The Morgan fingerprint density at radius 3 is 2.41 bits per heavy atom. The lowest BCUT2D eigenvalue weighted by Crippen LogP contribution is -2.29. The Morgan fingerprint density at radius 2 is 1.73 bits per heavy atom. The molecule has 210 valence electrons.